The van der Waals surface area contributed by atoms with Crippen LogP contribution in [-0.2, 0) is 0 Å². The third kappa shape index (κ3) is 3.04. The van der Waals surface area contributed by atoms with Crippen molar-refractivity contribution in [2.75, 3.05) is 32.1 Å². The topological polar surface area (TPSA) is 56.7 Å². The van der Waals surface area contributed by atoms with Crippen LogP contribution >= 0.6 is 0 Å². The molecule has 0 bridgehead atoms. The van der Waals surface area contributed by atoms with Gasteiger partial charge in [0.2, 0.25) is 0 Å². The van der Waals surface area contributed by atoms with Gasteiger partial charge in [0.25, 0.3) is 5.91 Å². The fourth-order valence-corrected chi connectivity index (χ4v) is 2.28. The van der Waals surface area contributed by atoms with Crippen molar-refractivity contribution < 1.29 is 9.90 Å². The van der Waals surface area contributed by atoms with Gasteiger partial charge >= 0.3 is 0 Å². The van der Waals surface area contributed by atoms with Crippen molar-refractivity contribution in [2.45, 2.75) is 19.4 Å². The van der Waals surface area contributed by atoms with Gasteiger partial charge in [0, 0.05) is 33.4 Å². The maximum absolute atomic E-state index is 12.3. The first-order chi connectivity index (χ1) is 8.99. The number of aromatic nitrogens is 1. The van der Waals surface area contributed by atoms with E-state index in [0.29, 0.717) is 25.1 Å². The lowest BCUT2D eigenvalue weighted by Crippen LogP contribution is -2.45. The number of hydrogen-bond acceptors (Lipinski definition) is 4. The van der Waals surface area contributed by atoms with Gasteiger partial charge in [0.15, 0.2) is 0 Å². The highest BCUT2D eigenvalue weighted by molar-refractivity contribution is 5.94. The summed E-state index contributed by atoms with van der Waals surface area (Å²) in [5.41, 5.74) is 0.606. The lowest BCUT2D eigenvalue weighted by Gasteiger charge is -2.34. The highest BCUT2D eigenvalue weighted by Crippen LogP contribution is 2.19. The normalized spacial score (nSPS) is 23.3. The number of carbonyl (C=O) groups is 1. The molecular weight excluding hydrogens is 242 g/mol. The summed E-state index contributed by atoms with van der Waals surface area (Å²) in [5.74, 6) is 0.960. The summed E-state index contributed by atoms with van der Waals surface area (Å²) in [6.07, 6.45) is 1.97. The maximum Gasteiger partial charge on any atom is 0.255 e. The molecule has 2 atom stereocenters. The summed E-state index contributed by atoms with van der Waals surface area (Å²) in [6, 6.07) is 3.65. The molecule has 104 valence electrons. The second kappa shape index (κ2) is 5.57. The van der Waals surface area contributed by atoms with E-state index in [4.69, 9.17) is 0 Å². The molecule has 0 radical (unpaired) electrons. The second-order valence-electron chi connectivity index (χ2n) is 5.38. The Kier molecular flexibility index (Phi) is 4.04. The molecule has 1 saturated heterocycles. The molecule has 0 aliphatic carbocycles. The molecule has 5 heteroatoms. The predicted molar refractivity (Wildman–Crippen MR) is 74.3 cm³/mol. The number of carbonyl (C=O) groups excluding carboxylic acids is 1. The van der Waals surface area contributed by atoms with Gasteiger partial charge in [0.1, 0.15) is 5.82 Å². The first-order valence-corrected chi connectivity index (χ1v) is 6.59. The number of aliphatic hydroxyl groups excluding tert-OH is 1. The predicted octanol–water partition coefficient (Wildman–Crippen LogP) is 0.990. The number of anilines is 1. The Morgan fingerprint density at radius 3 is 2.74 bits per heavy atom. The SMILES string of the molecule is CC1CN(C(=O)c2ccc(N(C)C)nc2)CCC1O. The first kappa shape index (κ1) is 13.8. The van der Waals surface area contributed by atoms with Crippen molar-refractivity contribution in [2.24, 2.45) is 5.92 Å². The summed E-state index contributed by atoms with van der Waals surface area (Å²) in [6.45, 7) is 3.19. The van der Waals surface area contributed by atoms with Gasteiger partial charge in [-0.3, -0.25) is 4.79 Å². The maximum atomic E-state index is 12.3. The molecule has 0 aromatic carbocycles. The van der Waals surface area contributed by atoms with Gasteiger partial charge in [-0.1, -0.05) is 6.92 Å². The Balaban J connectivity index is 2.07. The molecule has 2 unspecified atom stereocenters. The van der Waals surface area contributed by atoms with E-state index >= 15 is 0 Å². The number of hydrogen-bond donors (Lipinski definition) is 1. The van der Waals surface area contributed by atoms with Crippen LogP contribution in [0.1, 0.15) is 23.7 Å². The summed E-state index contributed by atoms with van der Waals surface area (Å²) in [5, 5.41) is 9.69. The van der Waals surface area contributed by atoms with Gasteiger partial charge in [-0.05, 0) is 24.5 Å². The van der Waals surface area contributed by atoms with Crippen LogP contribution in [0.5, 0.6) is 0 Å². The molecular formula is C14H21N3O2. The minimum atomic E-state index is -0.293. The molecule has 1 aliphatic rings. The summed E-state index contributed by atoms with van der Waals surface area (Å²) in [4.78, 5) is 20.3. The summed E-state index contributed by atoms with van der Waals surface area (Å²) >= 11 is 0. The van der Waals surface area contributed by atoms with Gasteiger partial charge in [-0.25, -0.2) is 4.98 Å². The average molecular weight is 263 g/mol. The van der Waals surface area contributed by atoms with Gasteiger partial charge < -0.3 is 14.9 Å². The van der Waals surface area contributed by atoms with Crippen molar-refractivity contribution in [3.63, 3.8) is 0 Å². The van der Waals surface area contributed by atoms with E-state index in [1.54, 1.807) is 17.2 Å². The third-order valence-electron chi connectivity index (χ3n) is 3.60. The Hall–Kier alpha value is -1.62. The number of aliphatic hydroxyl groups is 1. The fourth-order valence-electron chi connectivity index (χ4n) is 2.28. The molecule has 2 rings (SSSR count). The second-order valence-corrected chi connectivity index (χ2v) is 5.38. The lowest BCUT2D eigenvalue weighted by atomic mass is 9.96. The zero-order valence-corrected chi connectivity index (χ0v) is 11.7. The molecule has 0 saturated carbocycles. The Morgan fingerprint density at radius 2 is 2.21 bits per heavy atom. The van der Waals surface area contributed by atoms with Crippen LogP contribution in [-0.4, -0.2) is 54.2 Å². The smallest absolute Gasteiger partial charge is 0.255 e. The highest BCUT2D eigenvalue weighted by atomic mass is 16.3. The van der Waals surface area contributed by atoms with E-state index in [1.807, 2.05) is 32.0 Å². The van der Waals surface area contributed by atoms with Crippen molar-refractivity contribution in [3.05, 3.63) is 23.9 Å². The molecule has 1 aromatic heterocycles. The van der Waals surface area contributed by atoms with Crippen molar-refractivity contribution >= 4 is 11.7 Å². The summed E-state index contributed by atoms with van der Waals surface area (Å²) < 4.78 is 0. The zero-order valence-electron chi connectivity index (χ0n) is 11.7. The molecule has 1 aromatic rings. The molecule has 1 aliphatic heterocycles. The quantitative estimate of drug-likeness (QED) is 0.864. The molecule has 5 nitrogen and oxygen atoms in total. The van der Waals surface area contributed by atoms with Crippen LogP contribution in [0.3, 0.4) is 0 Å². The monoisotopic (exact) mass is 263 g/mol. The number of pyridine rings is 1. The van der Waals surface area contributed by atoms with Crippen LogP contribution in [0.25, 0.3) is 0 Å². The largest absolute Gasteiger partial charge is 0.393 e. The minimum absolute atomic E-state index is 0.00319. The van der Waals surface area contributed by atoms with E-state index in [-0.39, 0.29) is 17.9 Å². The van der Waals surface area contributed by atoms with Crippen LogP contribution in [0.15, 0.2) is 18.3 Å². The Morgan fingerprint density at radius 1 is 1.47 bits per heavy atom. The molecule has 19 heavy (non-hydrogen) atoms. The molecule has 1 amide bonds. The van der Waals surface area contributed by atoms with E-state index in [1.165, 1.54) is 0 Å². The van der Waals surface area contributed by atoms with Crippen LogP contribution in [0.4, 0.5) is 5.82 Å². The summed E-state index contributed by atoms with van der Waals surface area (Å²) in [7, 11) is 3.83. The van der Waals surface area contributed by atoms with E-state index < -0.39 is 0 Å². The van der Waals surface area contributed by atoms with Gasteiger partial charge in [-0.15, -0.1) is 0 Å². The van der Waals surface area contributed by atoms with Crippen LogP contribution < -0.4 is 4.90 Å². The van der Waals surface area contributed by atoms with Crippen LogP contribution in [0.2, 0.25) is 0 Å². The van der Waals surface area contributed by atoms with Crippen molar-refractivity contribution in [1.29, 1.82) is 0 Å². The number of likely N-dealkylation sites (tertiary alicyclic amines) is 1. The van der Waals surface area contributed by atoms with Crippen molar-refractivity contribution in [1.82, 2.24) is 9.88 Å². The fraction of sp³-hybridized carbons (Fsp3) is 0.571. The standard InChI is InChI=1S/C14H21N3O2/c1-10-9-17(7-6-12(10)18)14(19)11-4-5-13(15-8-11)16(2)3/h4-5,8,10,12,18H,6-7,9H2,1-3H3. The van der Waals surface area contributed by atoms with Gasteiger partial charge in [0.05, 0.1) is 11.7 Å². The molecule has 2 heterocycles. The number of rotatable bonds is 2. The third-order valence-corrected chi connectivity index (χ3v) is 3.60. The number of nitrogens with zero attached hydrogens (tertiary/aromatic N) is 3. The highest BCUT2D eigenvalue weighted by Gasteiger charge is 2.27. The number of amides is 1. The van der Waals surface area contributed by atoms with Crippen molar-refractivity contribution in [3.8, 4) is 0 Å². The van der Waals surface area contributed by atoms with E-state index in [2.05, 4.69) is 4.98 Å². The lowest BCUT2D eigenvalue weighted by molar-refractivity contribution is 0.0297. The Bertz CT molecular complexity index is 445. The molecule has 1 fully saturated rings. The van der Waals surface area contributed by atoms with Crippen LogP contribution in [0, 0.1) is 5.92 Å². The number of piperidine rings is 1. The minimum Gasteiger partial charge on any atom is -0.393 e. The Labute approximate surface area is 113 Å². The first-order valence-electron chi connectivity index (χ1n) is 6.59. The molecule has 1 N–H and O–H groups in total. The van der Waals surface area contributed by atoms with E-state index in [9.17, 15) is 9.90 Å². The van der Waals surface area contributed by atoms with Gasteiger partial charge in [-0.2, -0.15) is 0 Å². The average Bonchev–Trinajstić information content (AvgIpc) is 2.41. The molecule has 0 spiro atoms. The van der Waals surface area contributed by atoms with E-state index in [0.717, 1.165) is 5.82 Å². The zero-order chi connectivity index (χ0) is 14.0.